The number of nitro benzene ring substituents is 1. The van der Waals surface area contributed by atoms with Gasteiger partial charge in [-0.25, -0.2) is 4.74 Å². The molecular weight excluding hydrogens is 379 g/mol. The van der Waals surface area contributed by atoms with Crippen molar-refractivity contribution in [2.24, 2.45) is 4.74 Å². The minimum atomic E-state index is -0.262. The van der Waals surface area contributed by atoms with Gasteiger partial charge >= 0.3 is 0 Å². The summed E-state index contributed by atoms with van der Waals surface area (Å²) in [4.78, 5) is 12.2. The van der Waals surface area contributed by atoms with Crippen molar-refractivity contribution in [1.29, 1.82) is 0 Å². The van der Waals surface area contributed by atoms with Crippen molar-refractivity contribution >= 4 is 25.1 Å². The van der Waals surface area contributed by atoms with Crippen LogP contribution in [-0.2, 0) is 0 Å². The summed E-state index contributed by atoms with van der Waals surface area (Å²) < 4.78 is 4.54. The van der Waals surface area contributed by atoms with E-state index in [-0.39, 0.29) is 10.6 Å². The van der Waals surface area contributed by atoms with Crippen LogP contribution in [0, 0.1) is 10.1 Å². The lowest BCUT2D eigenvalue weighted by Crippen LogP contribution is -2.11. The summed E-state index contributed by atoms with van der Waals surface area (Å²) in [6.45, 7) is 0. The maximum Gasteiger partial charge on any atom is 0.287 e. The molecule has 0 radical (unpaired) electrons. The molecule has 0 saturated carbocycles. The Morgan fingerprint density at radius 2 is 1.10 bits per heavy atom. The van der Waals surface area contributed by atoms with E-state index in [0.29, 0.717) is 11.1 Å². The van der Waals surface area contributed by atoms with Crippen molar-refractivity contribution in [3.05, 3.63) is 101 Å². The predicted octanol–water partition coefficient (Wildman–Crippen LogP) is 7.00. The van der Waals surface area contributed by atoms with E-state index in [9.17, 15) is 10.1 Å². The van der Waals surface area contributed by atoms with Gasteiger partial charge in [0.25, 0.3) is 5.69 Å². The van der Waals surface area contributed by atoms with Gasteiger partial charge in [0.15, 0.2) is 0 Å². The number of nitro groups is 1. The van der Waals surface area contributed by atoms with Gasteiger partial charge in [0.2, 0.25) is 0 Å². The first kappa shape index (κ1) is 17.5. The van der Waals surface area contributed by atoms with Crippen LogP contribution in [0.3, 0.4) is 0 Å². The normalized spacial score (nSPS) is 12.1. The van der Waals surface area contributed by atoms with Gasteiger partial charge in [0, 0.05) is 13.9 Å². The van der Waals surface area contributed by atoms with E-state index < -0.39 is 0 Å². The van der Waals surface area contributed by atoms with Crippen LogP contribution in [-0.4, -0.2) is 4.92 Å². The number of nitrogens with zero attached hydrogens (tertiary/aromatic N) is 2. The Bertz CT molecular complexity index is 1250. The molecule has 5 heteroatoms. The number of benzene rings is 4. The van der Waals surface area contributed by atoms with E-state index in [1.54, 1.807) is 0 Å². The number of hydrogen-bond acceptors (Lipinski definition) is 3. The molecule has 0 amide bonds. The average molecular weight is 394 g/mol. The van der Waals surface area contributed by atoms with E-state index in [1.807, 2.05) is 91.0 Å². The van der Waals surface area contributed by atoms with Crippen molar-refractivity contribution in [2.75, 3.05) is 0 Å². The molecule has 5 rings (SSSR count). The van der Waals surface area contributed by atoms with Gasteiger partial charge in [-0.15, -0.1) is 0 Å². The first-order valence-corrected chi connectivity index (χ1v) is 10.1. The molecule has 0 aromatic heterocycles. The highest BCUT2D eigenvalue weighted by molar-refractivity contribution is 7.40. The van der Waals surface area contributed by atoms with Gasteiger partial charge in [-0.2, -0.15) is 0 Å². The highest BCUT2D eigenvalue weighted by atomic mass is 31.1. The second-order valence-electron chi connectivity index (χ2n) is 6.73. The fourth-order valence-electron chi connectivity index (χ4n) is 3.79. The molecule has 0 atom stereocenters. The van der Waals surface area contributed by atoms with Gasteiger partial charge < -0.3 is 0 Å². The minimum absolute atomic E-state index is 0.110. The highest BCUT2D eigenvalue weighted by Crippen LogP contribution is 2.53. The number of rotatable bonds is 4. The molecule has 0 aliphatic carbocycles. The molecule has 1 heterocycles. The fourth-order valence-corrected chi connectivity index (χ4v) is 4.65. The first-order chi connectivity index (χ1) is 14.3. The molecule has 0 spiro atoms. The third kappa shape index (κ3) is 2.86. The quantitative estimate of drug-likeness (QED) is 0.187. The maximum absolute atomic E-state index is 12.4. The predicted molar refractivity (Wildman–Crippen MR) is 118 cm³/mol. The molecule has 29 heavy (non-hydrogen) atoms. The second kappa shape index (κ2) is 7.08. The molecule has 0 bridgehead atoms. The van der Waals surface area contributed by atoms with Crippen LogP contribution in [0.2, 0.25) is 0 Å². The Balaban J connectivity index is 1.96. The van der Waals surface area contributed by atoms with E-state index in [1.165, 1.54) is 0 Å². The molecule has 4 aromatic carbocycles. The zero-order valence-corrected chi connectivity index (χ0v) is 16.2. The van der Waals surface area contributed by atoms with Crippen molar-refractivity contribution in [3.63, 3.8) is 0 Å². The molecule has 4 aromatic rings. The van der Waals surface area contributed by atoms with Gasteiger partial charge in [0.1, 0.15) is 0 Å². The van der Waals surface area contributed by atoms with Crippen LogP contribution in [0.4, 0.5) is 11.4 Å². The van der Waals surface area contributed by atoms with Crippen molar-refractivity contribution in [2.45, 2.75) is 0 Å². The van der Waals surface area contributed by atoms with Gasteiger partial charge in [-0.05, 0) is 16.7 Å². The van der Waals surface area contributed by atoms with E-state index in [4.69, 9.17) is 0 Å². The number of hydrogen-bond donors (Lipinski definition) is 0. The smallest absolute Gasteiger partial charge is 0.258 e. The van der Waals surface area contributed by atoms with Crippen LogP contribution in [0.1, 0.15) is 0 Å². The van der Waals surface area contributed by atoms with Crippen LogP contribution in [0.25, 0.3) is 33.4 Å². The zero-order chi connectivity index (χ0) is 19.8. The summed E-state index contributed by atoms with van der Waals surface area (Å²) >= 11 is 0. The molecule has 4 nitrogen and oxygen atoms in total. The van der Waals surface area contributed by atoms with Crippen LogP contribution in [0.15, 0.2) is 95.7 Å². The highest BCUT2D eigenvalue weighted by Gasteiger charge is 2.35. The second-order valence-corrected chi connectivity index (χ2v) is 7.57. The Labute approximate surface area is 169 Å². The average Bonchev–Trinajstić information content (AvgIpc) is 2.75. The number of fused-ring (bicyclic) bond motifs is 1. The Morgan fingerprint density at radius 3 is 1.52 bits per heavy atom. The Kier molecular flexibility index (Phi) is 4.27. The van der Waals surface area contributed by atoms with Crippen molar-refractivity contribution in [1.82, 2.24) is 0 Å². The Morgan fingerprint density at radius 1 is 0.655 bits per heavy atom. The van der Waals surface area contributed by atoms with Gasteiger partial charge in [-0.1, -0.05) is 91.0 Å². The van der Waals surface area contributed by atoms with Crippen molar-refractivity contribution in [3.8, 4) is 33.4 Å². The van der Waals surface area contributed by atoms with E-state index in [0.717, 1.165) is 41.6 Å². The lowest BCUT2D eigenvalue weighted by molar-refractivity contribution is -0.383. The Hall–Kier alpha value is -3.62. The topological polar surface area (TPSA) is 55.5 Å². The third-order valence-corrected chi connectivity index (χ3v) is 5.98. The molecule has 1 aliphatic heterocycles. The molecular formula is C24H15N2O2P. The molecule has 0 saturated heterocycles. The summed E-state index contributed by atoms with van der Waals surface area (Å²) in [5, 5.41) is 13.5. The molecule has 1 aliphatic rings. The van der Waals surface area contributed by atoms with Gasteiger partial charge in [0.05, 0.1) is 27.0 Å². The monoisotopic (exact) mass is 394 g/mol. The summed E-state index contributed by atoms with van der Waals surface area (Å²) in [7, 11) is 0.842. The summed E-state index contributed by atoms with van der Waals surface area (Å²) in [5.74, 6) is 0. The van der Waals surface area contributed by atoms with Crippen molar-refractivity contribution < 1.29 is 4.92 Å². The largest absolute Gasteiger partial charge is 0.287 e. The van der Waals surface area contributed by atoms with Crippen LogP contribution < -0.4 is 5.30 Å². The van der Waals surface area contributed by atoms with Crippen LogP contribution in [0.5, 0.6) is 0 Å². The molecule has 0 unspecified atom stereocenters. The molecule has 138 valence electrons. The lowest BCUT2D eigenvalue weighted by Gasteiger charge is -2.23. The summed E-state index contributed by atoms with van der Waals surface area (Å²) in [6.07, 6.45) is 0. The minimum Gasteiger partial charge on any atom is -0.258 e. The third-order valence-electron chi connectivity index (χ3n) is 5.04. The fraction of sp³-hybridized carbons (Fsp3) is 0. The first-order valence-electron chi connectivity index (χ1n) is 9.22. The standard InChI is InChI=1S/C24H15N2O2P/c27-26(28)23-19(16-10-4-1-5-11-16)20(17-12-6-2-7-13-17)24-22(25-29-24)21(23)18-14-8-3-9-15-18/h1-15H. The summed E-state index contributed by atoms with van der Waals surface area (Å²) in [6, 6.07) is 29.0. The molecule has 0 fully saturated rings. The van der Waals surface area contributed by atoms with Crippen LogP contribution >= 0.6 is 8.37 Å². The van der Waals surface area contributed by atoms with E-state index >= 15 is 0 Å². The SMILES string of the molecule is O=[N+]([O-])c1c(-c2ccccc2)c2c(c(-c3ccccc3)c1-c1ccccc1)P=N2. The molecule has 0 N–H and O–H groups in total. The lowest BCUT2D eigenvalue weighted by atomic mass is 9.87. The van der Waals surface area contributed by atoms with Gasteiger partial charge in [-0.3, -0.25) is 10.1 Å². The summed E-state index contributed by atoms with van der Waals surface area (Å²) in [5.41, 5.74) is 5.60. The maximum atomic E-state index is 12.4. The zero-order valence-electron chi connectivity index (χ0n) is 15.3. The van der Waals surface area contributed by atoms with E-state index in [2.05, 4.69) is 4.74 Å².